The van der Waals surface area contributed by atoms with Crippen LogP contribution in [0.2, 0.25) is 5.02 Å². The molecule has 102 valence electrons. The van der Waals surface area contributed by atoms with Gasteiger partial charge >= 0.3 is 0 Å². The molecule has 0 bridgehead atoms. The molecule has 0 spiro atoms. The van der Waals surface area contributed by atoms with E-state index in [-0.39, 0.29) is 11.5 Å². The van der Waals surface area contributed by atoms with Crippen LogP contribution in [0, 0.1) is 0 Å². The summed E-state index contributed by atoms with van der Waals surface area (Å²) in [5.74, 6) is -0.469. The average Bonchev–Trinajstić information content (AvgIpc) is 2.81. The van der Waals surface area contributed by atoms with Crippen LogP contribution >= 0.6 is 22.9 Å². The SMILES string of the molecule is O=S(=O)(Cc1nccs1)CC(O)c1ccc(Cl)cc1. The van der Waals surface area contributed by atoms with Crippen molar-refractivity contribution >= 4 is 32.8 Å². The van der Waals surface area contributed by atoms with E-state index in [1.165, 1.54) is 11.3 Å². The summed E-state index contributed by atoms with van der Waals surface area (Å²) < 4.78 is 23.9. The van der Waals surface area contributed by atoms with E-state index in [1.807, 2.05) is 0 Å². The molecule has 0 fully saturated rings. The van der Waals surface area contributed by atoms with Gasteiger partial charge in [-0.15, -0.1) is 11.3 Å². The van der Waals surface area contributed by atoms with Crippen LogP contribution in [-0.2, 0) is 15.6 Å². The third kappa shape index (κ3) is 4.28. The summed E-state index contributed by atoms with van der Waals surface area (Å²) in [5.41, 5.74) is 0.534. The van der Waals surface area contributed by atoms with Gasteiger partial charge in [0.25, 0.3) is 0 Å². The van der Waals surface area contributed by atoms with Gasteiger partial charge < -0.3 is 5.11 Å². The molecule has 0 aliphatic heterocycles. The highest BCUT2D eigenvalue weighted by atomic mass is 35.5. The maximum absolute atomic E-state index is 11.9. The number of thiazole rings is 1. The van der Waals surface area contributed by atoms with Crippen LogP contribution in [-0.4, -0.2) is 24.3 Å². The zero-order valence-corrected chi connectivity index (χ0v) is 12.2. The van der Waals surface area contributed by atoms with E-state index in [4.69, 9.17) is 11.6 Å². The average molecular weight is 318 g/mol. The normalized spacial score (nSPS) is 13.4. The van der Waals surface area contributed by atoms with Gasteiger partial charge in [-0.25, -0.2) is 13.4 Å². The number of hydrogen-bond donors (Lipinski definition) is 1. The van der Waals surface area contributed by atoms with Crippen molar-refractivity contribution in [2.45, 2.75) is 11.9 Å². The molecular weight excluding hydrogens is 306 g/mol. The molecule has 1 aromatic heterocycles. The Bertz CT molecular complexity index is 624. The van der Waals surface area contributed by atoms with Crippen molar-refractivity contribution in [2.24, 2.45) is 0 Å². The number of halogens is 1. The number of aliphatic hydroxyl groups is 1. The van der Waals surface area contributed by atoms with Gasteiger partial charge in [-0.05, 0) is 17.7 Å². The summed E-state index contributed by atoms with van der Waals surface area (Å²) in [6, 6.07) is 6.47. The molecular formula is C12H12ClNO3S2. The number of nitrogens with zero attached hydrogens (tertiary/aromatic N) is 1. The zero-order chi connectivity index (χ0) is 13.9. The molecule has 0 saturated carbocycles. The van der Waals surface area contributed by atoms with Gasteiger partial charge in [-0.1, -0.05) is 23.7 Å². The van der Waals surface area contributed by atoms with Crippen LogP contribution in [0.1, 0.15) is 16.7 Å². The molecule has 1 heterocycles. The summed E-state index contributed by atoms with van der Waals surface area (Å²) in [4.78, 5) is 3.93. The van der Waals surface area contributed by atoms with Crippen molar-refractivity contribution in [1.29, 1.82) is 0 Å². The molecule has 2 rings (SSSR count). The first-order chi connectivity index (χ1) is 8.96. The summed E-state index contributed by atoms with van der Waals surface area (Å²) in [5, 5.41) is 12.7. The highest BCUT2D eigenvalue weighted by Gasteiger charge is 2.20. The lowest BCUT2D eigenvalue weighted by Crippen LogP contribution is -2.16. The minimum Gasteiger partial charge on any atom is -0.387 e. The first-order valence-electron chi connectivity index (χ1n) is 5.48. The Balaban J connectivity index is 2.05. The zero-order valence-electron chi connectivity index (χ0n) is 9.86. The topological polar surface area (TPSA) is 67.3 Å². The Labute approximate surface area is 120 Å². The molecule has 1 aromatic carbocycles. The number of benzene rings is 1. The molecule has 19 heavy (non-hydrogen) atoms. The molecule has 1 unspecified atom stereocenters. The van der Waals surface area contributed by atoms with Crippen molar-refractivity contribution in [3.05, 3.63) is 51.4 Å². The highest BCUT2D eigenvalue weighted by molar-refractivity contribution is 7.90. The smallest absolute Gasteiger partial charge is 0.159 e. The number of aliphatic hydroxyl groups excluding tert-OH is 1. The van der Waals surface area contributed by atoms with Crippen LogP contribution in [0.3, 0.4) is 0 Å². The number of aromatic nitrogens is 1. The third-order valence-electron chi connectivity index (χ3n) is 2.49. The number of sulfone groups is 1. The van der Waals surface area contributed by atoms with Gasteiger partial charge in [0, 0.05) is 16.6 Å². The highest BCUT2D eigenvalue weighted by Crippen LogP contribution is 2.20. The van der Waals surface area contributed by atoms with Crippen molar-refractivity contribution in [2.75, 3.05) is 5.75 Å². The molecule has 4 nitrogen and oxygen atoms in total. The van der Waals surface area contributed by atoms with Crippen LogP contribution < -0.4 is 0 Å². The molecule has 0 radical (unpaired) electrons. The Morgan fingerprint density at radius 2 is 2.00 bits per heavy atom. The second kappa shape index (κ2) is 6.00. The fourth-order valence-electron chi connectivity index (χ4n) is 1.59. The van der Waals surface area contributed by atoms with Crippen molar-refractivity contribution in [3.63, 3.8) is 0 Å². The van der Waals surface area contributed by atoms with E-state index in [0.29, 0.717) is 15.6 Å². The Morgan fingerprint density at radius 3 is 2.58 bits per heavy atom. The largest absolute Gasteiger partial charge is 0.387 e. The third-order valence-corrected chi connectivity index (χ3v) is 5.24. The monoisotopic (exact) mass is 317 g/mol. The van der Waals surface area contributed by atoms with E-state index >= 15 is 0 Å². The summed E-state index contributed by atoms with van der Waals surface area (Å²) >= 11 is 7.02. The number of rotatable bonds is 5. The van der Waals surface area contributed by atoms with E-state index < -0.39 is 15.9 Å². The lowest BCUT2D eigenvalue weighted by Gasteiger charge is -2.11. The van der Waals surface area contributed by atoms with Crippen molar-refractivity contribution < 1.29 is 13.5 Å². The van der Waals surface area contributed by atoms with Crippen LogP contribution in [0.5, 0.6) is 0 Å². The van der Waals surface area contributed by atoms with Crippen LogP contribution in [0.25, 0.3) is 0 Å². The molecule has 1 atom stereocenters. The Kier molecular flexibility index (Phi) is 4.57. The van der Waals surface area contributed by atoms with Crippen molar-refractivity contribution in [1.82, 2.24) is 4.98 Å². The molecule has 0 saturated heterocycles. The first kappa shape index (κ1) is 14.5. The molecule has 7 heteroatoms. The van der Waals surface area contributed by atoms with Gasteiger partial charge in [0.15, 0.2) is 9.84 Å². The van der Waals surface area contributed by atoms with E-state index in [2.05, 4.69) is 4.98 Å². The second-order valence-electron chi connectivity index (χ2n) is 4.05. The summed E-state index contributed by atoms with van der Waals surface area (Å²) in [7, 11) is -3.40. The van der Waals surface area contributed by atoms with Gasteiger partial charge in [0.2, 0.25) is 0 Å². The van der Waals surface area contributed by atoms with E-state index in [1.54, 1.807) is 35.8 Å². The van der Waals surface area contributed by atoms with E-state index in [9.17, 15) is 13.5 Å². The maximum Gasteiger partial charge on any atom is 0.159 e. The predicted molar refractivity (Wildman–Crippen MR) is 76.0 cm³/mol. The number of hydrogen-bond acceptors (Lipinski definition) is 5. The van der Waals surface area contributed by atoms with Crippen LogP contribution in [0.4, 0.5) is 0 Å². The lowest BCUT2D eigenvalue weighted by molar-refractivity contribution is 0.201. The summed E-state index contributed by atoms with van der Waals surface area (Å²) in [6.07, 6.45) is 0.507. The maximum atomic E-state index is 11.9. The second-order valence-corrected chi connectivity index (χ2v) is 7.57. The van der Waals surface area contributed by atoms with E-state index in [0.717, 1.165) is 0 Å². The van der Waals surface area contributed by atoms with Gasteiger partial charge in [-0.2, -0.15) is 0 Å². The Morgan fingerprint density at radius 1 is 1.32 bits per heavy atom. The molecule has 0 aliphatic carbocycles. The van der Waals surface area contributed by atoms with Gasteiger partial charge in [0.05, 0.1) is 11.9 Å². The lowest BCUT2D eigenvalue weighted by atomic mass is 10.1. The minimum atomic E-state index is -3.40. The van der Waals surface area contributed by atoms with Gasteiger partial charge in [-0.3, -0.25) is 0 Å². The van der Waals surface area contributed by atoms with Gasteiger partial charge in [0.1, 0.15) is 10.8 Å². The Hall–Kier alpha value is -0.950. The minimum absolute atomic E-state index is 0.144. The quantitative estimate of drug-likeness (QED) is 0.919. The fraction of sp³-hybridized carbons (Fsp3) is 0.250. The summed E-state index contributed by atoms with van der Waals surface area (Å²) in [6.45, 7) is 0. The molecule has 0 amide bonds. The molecule has 2 aromatic rings. The standard InChI is InChI=1S/C12H12ClNO3S2/c13-10-3-1-9(2-4-10)11(15)7-19(16,17)8-12-14-5-6-18-12/h1-6,11,15H,7-8H2. The molecule has 0 aliphatic rings. The molecule has 1 N–H and O–H groups in total. The first-order valence-corrected chi connectivity index (χ1v) is 8.56. The van der Waals surface area contributed by atoms with Crippen LogP contribution in [0.15, 0.2) is 35.8 Å². The predicted octanol–water partition coefficient (Wildman–Crippen LogP) is 2.44. The fourth-order valence-corrected chi connectivity index (χ4v) is 4.17. The van der Waals surface area contributed by atoms with Crippen molar-refractivity contribution in [3.8, 4) is 0 Å².